The van der Waals surface area contributed by atoms with Gasteiger partial charge in [-0.3, -0.25) is 9.69 Å². The van der Waals surface area contributed by atoms with Gasteiger partial charge < -0.3 is 4.90 Å². The van der Waals surface area contributed by atoms with Crippen molar-refractivity contribution in [3.05, 3.63) is 64.1 Å². The van der Waals surface area contributed by atoms with Crippen molar-refractivity contribution in [1.29, 1.82) is 0 Å². The molecular weight excluding hydrogens is 397 g/mol. The average molecular weight is 418 g/mol. The van der Waals surface area contributed by atoms with E-state index in [1.54, 1.807) is 17.0 Å². The predicted octanol–water partition coefficient (Wildman–Crippen LogP) is 4.43. The Kier molecular flexibility index (Phi) is 5.58. The Balaban J connectivity index is 1.37. The first kappa shape index (κ1) is 19.2. The maximum absolute atomic E-state index is 12.8. The monoisotopic (exact) mass is 417 g/mol. The molecule has 2 aliphatic heterocycles. The summed E-state index contributed by atoms with van der Waals surface area (Å²) < 4.78 is 0. The molecule has 2 aromatic rings. The van der Waals surface area contributed by atoms with Gasteiger partial charge in [0.2, 0.25) is 0 Å². The Labute approximate surface area is 174 Å². The number of urea groups is 1. The third-order valence-electron chi connectivity index (χ3n) is 5.39. The van der Waals surface area contributed by atoms with Crippen LogP contribution in [0.3, 0.4) is 0 Å². The highest BCUT2D eigenvalue weighted by atomic mass is 35.5. The second-order valence-corrected chi connectivity index (χ2v) is 8.05. The molecule has 2 aromatic carbocycles. The van der Waals surface area contributed by atoms with Crippen LogP contribution in [0.4, 0.5) is 10.5 Å². The van der Waals surface area contributed by atoms with Crippen LogP contribution in [0.5, 0.6) is 0 Å². The fourth-order valence-corrected chi connectivity index (χ4v) is 4.24. The van der Waals surface area contributed by atoms with E-state index in [-0.39, 0.29) is 24.5 Å². The number of hydrogen-bond acceptors (Lipinski definition) is 3. The molecule has 2 aliphatic rings. The number of halogens is 2. The first-order valence-electron chi connectivity index (χ1n) is 9.38. The SMILES string of the molecule is O=C1CN(C2CCN(Cc3ccc(Cl)c(Cl)c3)CC2)C(=O)N1c1ccccc1. The van der Waals surface area contributed by atoms with Crippen LogP contribution in [0.25, 0.3) is 0 Å². The van der Waals surface area contributed by atoms with Gasteiger partial charge in [0.1, 0.15) is 6.54 Å². The largest absolute Gasteiger partial charge is 0.332 e. The van der Waals surface area contributed by atoms with Gasteiger partial charge in [-0.2, -0.15) is 0 Å². The minimum absolute atomic E-state index is 0.0928. The highest BCUT2D eigenvalue weighted by molar-refractivity contribution is 6.42. The minimum atomic E-state index is -0.209. The number of hydrogen-bond donors (Lipinski definition) is 0. The van der Waals surface area contributed by atoms with Crippen molar-refractivity contribution < 1.29 is 9.59 Å². The number of imide groups is 1. The van der Waals surface area contributed by atoms with E-state index in [9.17, 15) is 9.59 Å². The van der Waals surface area contributed by atoms with Gasteiger partial charge in [0, 0.05) is 25.7 Å². The third kappa shape index (κ3) is 3.88. The first-order valence-corrected chi connectivity index (χ1v) is 10.1. The summed E-state index contributed by atoms with van der Waals surface area (Å²) >= 11 is 12.1. The molecule has 0 unspecified atom stereocenters. The van der Waals surface area contributed by atoms with Gasteiger partial charge in [-0.25, -0.2) is 9.69 Å². The molecule has 5 nitrogen and oxygen atoms in total. The van der Waals surface area contributed by atoms with Crippen LogP contribution in [0, 0.1) is 0 Å². The second-order valence-electron chi connectivity index (χ2n) is 7.23. The number of para-hydroxylation sites is 1. The van der Waals surface area contributed by atoms with E-state index in [0.717, 1.165) is 38.0 Å². The maximum Gasteiger partial charge on any atom is 0.332 e. The lowest BCUT2D eigenvalue weighted by molar-refractivity contribution is -0.116. The van der Waals surface area contributed by atoms with E-state index in [0.29, 0.717) is 15.7 Å². The van der Waals surface area contributed by atoms with Crippen molar-refractivity contribution in [2.75, 3.05) is 24.5 Å². The van der Waals surface area contributed by atoms with Crippen molar-refractivity contribution >= 4 is 40.8 Å². The van der Waals surface area contributed by atoms with Gasteiger partial charge >= 0.3 is 6.03 Å². The van der Waals surface area contributed by atoms with Gasteiger partial charge in [-0.15, -0.1) is 0 Å². The molecule has 0 aromatic heterocycles. The van der Waals surface area contributed by atoms with Crippen molar-refractivity contribution in [2.24, 2.45) is 0 Å². The number of carbonyl (C=O) groups excluding carboxylic acids is 2. The minimum Gasteiger partial charge on any atom is -0.312 e. The molecule has 2 fully saturated rings. The average Bonchev–Trinajstić information content (AvgIpc) is 3.00. The number of nitrogens with zero attached hydrogens (tertiary/aromatic N) is 3. The lowest BCUT2D eigenvalue weighted by atomic mass is 10.0. The van der Waals surface area contributed by atoms with Gasteiger partial charge in [0.05, 0.1) is 15.7 Å². The number of rotatable bonds is 4. The Morgan fingerprint density at radius 3 is 2.32 bits per heavy atom. The summed E-state index contributed by atoms with van der Waals surface area (Å²) in [5.74, 6) is -0.158. The number of likely N-dealkylation sites (tertiary alicyclic amines) is 1. The molecule has 0 aliphatic carbocycles. The fourth-order valence-electron chi connectivity index (χ4n) is 3.92. The van der Waals surface area contributed by atoms with E-state index in [1.807, 2.05) is 36.4 Å². The van der Waals surface area contributed by atoms with Gasteiger partial charge in [-0.05, 0) is 42.7 Å². The standard InChI is InChI=1S/C21H21Cl2N3O2/c22-18-7-6-15(12-19(18)23)13-24-10-8-16(9-11-24)25-14-20(27)26(21(25)28)17-4-2-1-3-5-17/h1-7,12,16H,8-11,13-14H2. The Bertz CT molecular complexity index is 882. The molecule has 0 spiro atoms. The van der Waals surface area contributed by atoms with Crippen LogP contribution < -0.4 is 4.90 Å². The molecule has 2 saturated heterocycles. The van der Waals surface area contributed by atoms with Crippen LogP contribution in [0.2, 0.25) is 10.0 Å². The van der Waals surface area contributed by atoms with Crippen molar-refractivity contribution in [1.82, 2.24) is 9.80 Å². The second kappa shape index (κ2) is 8.11. The number of benzene rings is 2. The molecule has 4 rings (SSSR count). The molecule has 0 radical (unpaired) electrons. The normalized spacial score (nSPS) is 18.9. The third-order valence-corrected chi connectivity index (χ3v) is 6.13. The molecule has 0 N–H and O–H groups in total. The maximum atomic E-state index is 12.8. The van der Waals surface area contributed by atoms with Crippen LogP contribution in [0.15, 0.2) is 48.5 Å². The molecule has 0 atom stereocenters. The van der Waals surface area contributed by atoms with Crippen LogP contribution in [-0.2, 0) is 11.3 Å². The predicted molar refractivity (Wildman–Crippen MR) is 111 cm³/mol. The first-order chi connectivity index (χ1) is 13.5. The van der Waals surface area contributed by atoms with Crippen molar-refractivity contribution in [3.8, 4) is 0 Å². The summed E-state index contributed by atoms with van der Waals surface area (Å²) in [7, 11) is 0. The summed E-state index contributed by atoms with van der Waals surface area (Å²) in [6.07, 6.45) is 1.70. The van der Waals surface area contributed by atoms with E-state index in [1.165, 1.54) is 4.90 Å². The van der Waals surface area contributed by atoms with Crippen molar-refractivity contribution in [3.63, 3.8) is 0 Å². The summed E-state index contributed by atoms with van der Waals surface area (Å²) in [5, 5.41) is 1.13. The molecule has 7 heteroatoms. The van der Waals surface area contributed by atoms with Crippen molar-refractivity contribution in [2.45, 2.75) is 25.4 Å². The molecule has 0 bridgehead atoms. The number of anilines is 1. The van der Waals surface area contributed by atoms with Crippen LogP contribution in [-0.4, -0.2) is 47.4 Å². The zero-order valence-corrected chi connectivity index (χ0v) is 16.9. The zero-order chi connectivity index (χ0) is 19.7. The Hall–Kier alpha value is -2.08. The smallest absolute Gasteiger partial charge is 0.312 e. The summed E-state index contributed by atoms with van der Waals surface area (Å²) in [4.78, 5) is 30.6. The molecule has 0 saturated carbocycles. The summed E-state index contributed by atoms with van der Waals surface area (Å²) in [6, 6.07) is 14.7. The Morgan fingerprint density at radius 2 is 1.64 bits per heavy atom. The lowest BCUT2D eigenvalue weighted by Gasteiger charge is -2.36. The van der Waals surface area contributed by atoms with Gasteiger partial charge in [0.25, 0.3) is 5.91 Å². The summed E-state index contributed by atoms with van der Waals surface area (Å²) in [5.41, 5.74) is 1.76. The van der Waals surface area contributed by atoms with E-state index >= 15 is 0 Å². The van der Waals surface area contributed by atoms with E-state index < -0.39 is 0 Å². The molecule has 2 heterocycles. The van der Waals surface area contributed by atoms with E-state index in [2.05, 4.69) is 4.90 Å². The molecule has 28 heavy (non-hydrogen) atoms. The van der Waals surface area contributed by atoms with Crippen LogP contribution >= 0.6 is 23.2 Å². The molecular formula is C21H21Cl2N3O2. The van der Waals surface area contributed by atoms with Gasteiger partial charge in [-0.1, -0.05) is 47.5 Å². The van der Waals surface area contributed by atoms with E-state index in [4.69, 9.17) is 23.2 Å². The number of amides is 3. The highest BCUT2D eigenvalue weighted by Crippen LogP contribution is 2.28. The molecule has 3 amide bonds. The van der Waals surface area contributed by atoms with Crippen LogP contribution in [0.1, 0.15) is 18.4 Å². The molecule has 146 valence electrons. The topological polar surface area (TPSA) is 43.9 Å². The highest BCUT2D eigenvalue weighted by Gasteiger charge is 2.41. The number of piperidine rings is 1. The quantitative estimate of drug-likeness (QED) is 0.691. The zero-order valence-electron chi connectivity index (χ0n) is 15.4. The van der Waals surface area contributed by atoms with Gasteiger partial charge in [0.15, 0.2) is 0 Å². The lowest BCUT2D eigenvalue weighted by Crippen LogP contribution is -2.46. The fraction of sp³-hybridized carbons (Fsp3) is 0.333. The summed E-state index contributed by atoms with van der Waals surface area (Å²) in [6.45, 7) is 2.69. The number of carbonyl (C=O) groups is 2. The Morgan fingerprint density at radius 1 is 0.929 bits per heavy atom.